The Kier molecular flexibility index (Phi) is 0.906. The molecule has 0 spiro atoms. The normalized spacial score (nSPS) is 16.3. The van der Waals surface area contributed by atoms with Gasteiger partial charge in [-0.3, -0.25) is 4.79 Å². The van der Waals surface area contributed by atoms with E-state index < -0.39 is 36.0 Å². The van der Waals surface area contributed by atoms with Crippen molar-refractivity contribution in [3.8, 4) is 0 Å². The summed E-state index contributed by atoms with van der Waals surface area (Å²) >= 11 is 0. The van der Waals surface area contributed by atoms with E-state index in [2.05, 4.69) is 0 Å². The van der Waals surface area contributed by atoms with E-state index in [1.165, 1.54) is 0 Å². The number of hydrogen-bond donors (Lipinski definition) is 0. The van der Waals surface area contributed by atoms with Gasteiger partial charge in [-0.15, -0.1) is 0 Å². The fraction of sp³-hybridized carbons (Fsp3) is 0.222. The molecule has 0 bridgehead atoms. The van der Waals surface area contributed by atoms with Crippen molar-refractivity contribution >= 4 is 5.78 Å². The van der Waals surface area contributed by atoms with Gasteiger partial charge in [0.2, 0.25) is 0 Å². The molecule has 1 nitrogen and oxygen atoms in total. The van der Waals surface area contributed by atoms with Crippen LogP contribution in [-0.4, -0.2) is 5.78 Å². The van der Waals surface area contributed by atoms with E-state index in [0.717, 1.165) is 0 Å². The standard InChI is InChI=1S/C9H10O/c1-2-9(10)8-6-4-3-5-7-8/h3-7H,2H2,1H3/i3D,4D,5D,6D,7D. The predicted molar refractivity (Wildman–Crippen MR) is 41.1 cm³/mol. The Morgan fingerprint density at radius 2 is 2.10 bits per heavy atom. The van der Waals surface area contributed by atoms with Gasteiger partial charge < -0.3 is 0 Å². The van der Waals surface area contributed by atoms with E-state index in [4.69, 9.17) is 6.85 Å². The number of hydrogen-bond acceptors (Lipinski definition) is 1. The summed E-state index contributed by atoms with van der Waals surface area (Å²) < 4.78 is 37.0. The molecule has 0 fully saturated rings. The number of ketones is 1. The van der Waals surface area contributed by atoms with Gasteiger partial charge in [0.25, 0.3) is 0 Å². The molecule has 0 aliphatic rings. The quantitative estimate of drug-likeness (QED) is 0.574. The molecule has 0 atom stereocenters. The first-order valence-electron chi connectivity index (χ1n) is 5.51. The molecular formula is C9H10O. The molecule has 0 aliphatic heterocycles. The first-order valence-corrected chi connectivity index (χ1v) is 3.01. The van der Waals surface area contributed by atoms with Gasteiger partial charge in [0.15, 0.2) is 5.78 Å². The summed E-state index contributed by atoms with van der Waals surface area (Å²) in [5, 5.41) is 0. The number of carbonyl (C=O) groups excluding carboxylic acids is 1. The van der Waals surface area contributed by atoms with Crippen molar-refractivity contribution in [2.45, 2.75) is 13.3 Å². The van der Waals surface area contributed by atoms with Gasteiger partial charge in [-0.1, -0.05) is 37.1 Å². The molecule has 0 heterocycles. The van der Waals surface area contributed by atoms with E-state index in [0.29, 0.717) is 0 Å². The minimum atomic E-state index is -0.474. The maximum absolute atomic E-state index is 11.4. The highest BCUT2D eigenvalue weighted by Crippen LogP contribution is 2.01. The molecule has 1 aromatic rings. The molecule has 1 heteroatoms. The number of Topliss-reactive ketones (excluding diaryl/α,β-unsaturated/α-hetero) is 1. The van der Waals surface area contributed by atoms with E-state index >= 15 is 0 Å². The zero-order valence-corrected chi connectivity index (χ0v) is 5.62. The van der Waals surface area contributed by atoms with Crippen molar-refractivity contribution in [3.05, 3.63) is 35.8 Å². The molecule has 0 amide bonds. The van der Waals surface area contributed by atoms with Crippen LogP contribution in [0.4, 0.5) is 0 Å². The van der Waals surface area contributed by atoms with Crippen molar-refractivity contribution in [1.29, 1.82) is 0 Å². The minimum Gasteiger partial charge on any atom is -0.294 e. The number of benzene rings is 1. The topological polar surface area (TPSA) is 17.1 Å². The Morgan fingerprint density at radius 1 is 1.50 bits per heavy atom. The maximum Gasteiger partial charge on any atom is 0.162 e. The fourth-order valence-corrected chi connectivity index (χ4v) is 0.566. The fourth-order valence-electron chi connectivity index (χ4n) is 0.566. The monoisotopic (exact) mass is 139 g/mol. The summed E-state index contributed by atoms with van der Waals surface area (Å²) in [5.74, 6) is -0.438. The smallest absolute Gasteiger partial charge is 0.162 e. The van der Waals surface area contributed by atoms with Gasteiger partial charge in [0.1, 0.15) is 0 Å². The molecule has 10 heavy (non-hydrogen) atoms. The molecule has 0 saturated carbocycles. The Bertz CT molecular complexity index is 398. The van der Waals surface area contributed by atoms with Crippen molar-refractivity contribution in [2.24, 2.45) is 0 Å². The van der Waals surface area contributed by atoms with Crippen LogP contribution in [0, 0.1) is 0 Å². The molecule has 0 aromatic heterocycles. The third kappa shape index (κ3) is 1.44. The lowest BCUT2D eigenvalue weighted by Crippen LogP contribution is -1.94. The van der Waals surface area contributed by atoms with Gasteiger partial charge in [-0.25, -0.2) is 0 Å². The zero-order valence-electron chi connectivity index (χ0n) is 10.6. The van der Waals surface area contributed by atoms with E-state index in [1.807, 2.05) is 0 Å². The van der Waals surface area contributed by atoms with Gasteiger partial charge in [0, 0.05) is 12.0 Å². The molecule has 0 aliphatic carbocycles. The minimum absolute atomic E-state index is 0.119. The molecular weight excluding hydrogens is 124 g/mol. The second kappa shape index (κ2) is 3.16. The molecule has 0 radical (unpaired) electrons. The molecule has 0 N–H and O–H groups in total. The summed E-state index contributed by atoms with van der Waals surface area (Å²) in [6.45, 7) is 1.59. The Hall–Kier alpha value is -1.11. The highest BCUT2D eigenvalue weighted by Gasteiger charge is 1.98. The predicted octanol–water partition coefficient (Wildman–Crippen LogP) is 2.28. The lowest BCUT2D eigenvalue weighted by atomic mass is 10.1. The van der Waals surface area contributed by atoms with Gasteiger partial charge in [-0.05, 0) is 0 Å². The van der Waals surface area contributed by atoms with Crippen LogP contribution in [0.15, 0.2) is 30.2 Å². The van der Waals surface area contributed by atoms with Gasteiger partial charge >= 0.3 is 0 Å². The second-order valence-corrected chi connectivity index (χ2v) is 1.78. The van der Waals surface area contributed by atoms with Crippen LogP contribution in [0.25, 0.3) is 0 Å². The van der Waals surface area contributed by atoms with Crippen LogP contribution in [0.1, 0.15) is 30.6 Å². The van der Waals surface area contributed by atoms with E-state index in [-0.39, 0.29) is 12.0 Å². The molecule has 52 valence electrons. The SMILES string of the molecule is [2H]c1c([2H])c([2H])c(C(=O)CC)c([2H])c1[2H]. The summed E-state index contributed by atoms with van der Waals surface area (Å²) in [4.78, 5) is 11.4. The average molecular weight is 139 g/mol. The summed E-state index contributed by atoms with van der Waals surface area (Å²) in [6, 6.07) is -2.25. The van der Waals surface area contributed by atoms with Gasteiger partial charge in [-0.2, -0.15) is 0 Å². The summed E-state index contributed by atoms with van der Waals surface area (Å²) in [6.07, 6.45) is 0.119. The number of rotatable bonds is 2. The Labute approximate surface area is 67.7 Å². The van der Waals surface area contributed by atoms with E-state index in [1.54, 1.807) is 6.92 Å². The van der Waals surface area contributed by atoms with Crippen LogP contribution < -0.4 is 0 Å². The summed E-state index contributed by atoms with van der Waals surface area (Å²) in [7, 11) is 0. The third-order valence-corrected chi connectivity index (χ3v) is 1.10. The molecule has 1 rings (SSSR count). The summed E-state index contributed by atoms with van der Waals surface area (Å²) in [5.41, 5.74) is -0.219. The highest BCUT2D eigenvalue weighted by molar-refractivity contribution is 5.95. The zero-order chi connectivity index (χ0) is 11.7. The molecule has 0 saturated heterocycles. The second-order valence-electron chi connectivity index (χ2n) is 1.78. The van der Waals surface area contributed by atoms with Crippen LogP contribution in [0.3, 0.4) is 0 Å². The van der Waals surface area contributed by atoms with Crippen molar-refractivity contribution in [1.82, 2.24) is 0 Å². The Morgan fingerprint density at radius 3 is 2.60 bits per heavy atom. The van der Waals surface area contributed by atoms with Crippen LogP contribution >= 0.6 is 0 Å². The highest BCUT2D eigenvalue weighted by atomic mass is 16.1. The number of carbonyl (C=O) groups is 1. The lowest BCUT2D eigenvalue weighted by molar-refractivity contribution is 0.0988. The largest absolute Gasteiger partial charge is 0.294 e. The van der Waals surface area contributed by atoms with Crippen LogP contribution in [0.5, 0.6) is 0 Å². The lowest BCUT2D eigenvalue weighted by Gasteiger charge is -1.93. The van der Waals surface area contributed by atoms with Crippen LogP contribution in [-0.2, 0) is 0 Å². The van der Waals surface area contributed by atoms with Crippen molar-refractivity contribution in [3.63, 3.8) is 0 Å². The molecule has 1 aromatic carbocycles. The van der Waals surface area contributed by atoms with Crippen LogP contribution in [0.2, 0.25) is 0 Å². The maximum atomic E-state index is 11.4. The first kappa shape index (κ1) is 2.87. The third-order valence-electron chi connectivity index (χ3n) is 1.10. The van der Waals surface area contributed by atoms with Crippen molar-refractivity contribution in [2.75, 3.05) is 0 Å². The van der Waals surface area contributed by atoms with Crippen molar-refractivity contribution < 1.29 is 11.6 Å². The first-order chi connectivity index (χ1) is 6.91. The molecule has 0 unspecified atom stereocenters. The van der Waals surface area contributed by atoms with Gasteiger partial charge in [0.05, 0.1) is 6.85 Å². The van der Waals surface area contributed by atoms with E-state index in [9.17, 15) is 4.79 Å². The Balaban J connectivity index is 3.60. The average Bonchev–Trinajstić information content (AvgIpc) is 2.23.